The fourth-order valence-corrected chi connectivity index (χ4v) is 1.38. The molecule has 6 heteroatoms. The summed E-state index contributed by atoms with van der Waals surface area (Å²) in [6, 6.07) is 3.38. The van der Waals surface area contributed by atoms with E-state index in [1.54, 1.807) is 29.9 Å². The number of carbonyl (C=O) groups is 1. The summed E-state index contributed by atoms with van der Waals surface area (Å²) in [4.78, 5) is 11.6. The Morgan fingerprint density at radius 3 is 2.60 bits per heavy atom. The van der Waals surface area contributed by atoms with E-state index in [-0.39, 0.29) is 12.2 Å². The minimum atomic E-state index is -1.83. The van der Waals surface area contributed by atoms with Crippen LogP contribution in [0.3, 0.4) is 0 Å². The predicted molar refractivity (Wildman–Crippen MR) is 60.7 cm³/mol. The highest BCUT2D eigenvalue weighted by atomic mass is 35.6. The number of aliphatic hydroxyl groups excluding tert-OH is 1. The Morgan fingerprint density at radius 1 is 1.60 bits per heavy atom. The van der Waals surface area contributed by atoms with Crippen molar-refractivity contribution < 1.29 is 9.90 Å². The number of ketones is 1. The van der Waals surface area contributed by atoms with Gasteiger partial charge in [0, 0.05) is 19.7 Å². The number of hydrogen-bond acceptors (Lipinski definition) is 2. The average Bonchev–Trinajstić information content (AvgIpc) is 2.49. The van der Waals surface area contributed by atoms with Crippen molar-refractivity contribution in [3.05, 3.63) is 24.0 Å². The number of aryl methyl sites for hydroxylation is 1. The van der Waals surface area contributed by atoms with Gasteiger partial charge in [-0.3, -0.25) is 4.79 Å². The standard InChI is InChI=1S/C9H10Cl3NO2/c1-13-4-2-3-6(13)7(14)5-8(15)9(10,11)12/h2-4,8,15H,5H2,1H3/t8-/m1/s1. The van der Waals surface area contributed by atoms with Crippen LogP contribution in [-0.2, 0) is 7.05 Å². The van der Waals surface area contributed by atoms with Gasteiger partial charge in [0.1, 0.15) is 6.10 Å². The van der Waals surface area contributed by atoms with Crippen molar-refractivity contribution in [2.45, 2.75) is 16.3 Å². The second-order valence-corrected chi connectivity index (χ2v) is 5.56. The Balaban J connectivity index is 2.69. The van der Waals surface area contributed by atoms with Crippen LogP contribution >= 0.6 is 34.8 Å². The summed E-state index contributed by atoms with van der Waals surface area (Å²) in [6.07, 6.45) is 0.216. The van der Waals surface area contributed by atoms with Crippen LogP contribution in [0, 0.1) is 0 Å². The molecule has 0 radical (unpaired) electrons. The zero-order valence-electron chi connectivity index (χ0n) is 7.95. The first-order valence-corrected chi connectivity index (χ1v) is 5.35. The number of hydrogen-bond donors (Lipinski definition) is 1. The van der Waals surface area contributed by atoms with Gasteiger partial charge in [-0.05, 0) is 12.1 Å². The normalized spacial score (nSPS) is 13.9. The zero-order chi connectivity index (χ0) is 11.6. The maximum atomic E-state index is 11.6. The van der Waals surface area contributed by atoms with Crippen molar-refractivity contribution in [2.75, 3.05) is 0 Å². The third-order valence-corrected chi connectivity index (χ3v) is 2.74. The van der Waals surface area contributed by atoms with Crippen LogP contribution in [-0.4, -0.2) is 25.4 Å². The minimum absolute atomic E-state index is 0.214. The molecule has 84 valence electrons. The lowest BCUT2D eigenvalue weighted by Crippen LogP contribution is -2.28. The van der Waals surface area contributed by atoms with Crippen LogP contribution in [0.25, 0.3) is 0 Å². The molecule has 1 aromatic heterocycles. The van der Waals surface area contributed by atoms with Crippen molar-refractivity contribution in [2.24, 2.45) is 7.05 Å². The lowest BCUT2D eigenvalue weighted by molar-refractivity contribution is 0.0877. The van der Waals surface area contributed by atoms with Gasteiger partial charge in [-0.1, -0.05) is 34.8 Å². The topological polar surface area (TPSA) is 42.2 Å². The number of halogens is 3. The van der Waals surface area contributed by atoms with Gasteiger partial charge in [0.05, 0.1) is 5.69 Å². The number of rotatable bonds is 3. The van der Waals surface area contributed by atoms with E-state index in [0.717, 1.165) is 0 Å². The molecule has 0 aliphatic carbocycles. The molecule has 0 fully saturated rings. The zero-order valence-corrected chi connectivity index (χ0v) is 10.2. The van der Waals surface area contributed by atoms with Crippen molar-refractivity contribution >= 4 is 40.6 Å². The summed E-state index contributed by atoms with van der Waals surface area (Å²) in [5, 5.41) is 9.42. The molecule has 0 saturated heterocycles. The quantitative estimate of drug-likeness (QED) is 0.676. The summed E-state index contributed by atoms with van der Waals surface area (Å²) in [5.41, 5.74) is 0.475. The molecule has 1 atom stereocenters. The van der Waals surface area contributed by atoms with Crippen LogP contribution < -0.4 is 0 Å². The first kappa shape index (κ1) is 12.8. The summed E-state index contributed by atoms with van der Waals surface area (Å²) >= 11 is 16.4. The predicted octanol–water partition coefficient (Wildman–Crippen LogP) is 2.33. The highest BCUT2D eigenvalue weighted by molar-refractivity contribution is 6.68. The summed E-state index contributed by atoms with van der Waals surface area (Å²) in [6.45, 7) is 0. The monoisotopic (exact) mass is 269 g/mol. The fourth-order valence-electron chi connectivity index (χ4n) is 1.15. The molecule has 0 spiro atoms. The first-order valence-electron chi connectivity index (χ1n) is 4.21. The molecule has 0 bridgehead atoms. The summed E-state index contributed by atoms with van der Waals surface area (Å²) in [7, 11) is 1.73. The van der Waals surface area contributed by atoms with E-state index in [9.17, 15) is 9.90 Å². The molecule has 1 aromatic rings. The van der Waals surface area contributed by atoms with Crippen LogP contribution in [0.15, 0.2) is 18.3 Å². The van der Waals surface area contributed by atoms with E-state index >= 15 is 0 Å². The molecule has 0 unspecified atom stereocenters. The number of Topliss-reactive ketones (excluding diaryl/α,β-unsaturated/α-hetero) is 1. The fraction of sp³-hybridized carbons (Fsp3) is 0.444. The van der Waals surface area contributed by atoms with Crippen LogP contribution in [0.4, 0.5) is 0 Å². The highest BCUT2D eigenvalue weighted by Crippen LogP contribution is 2.32. The Hall–Kier alpha value is -0.220. The molecule has 0 amide bonds. The number of aliphatic hydroxyl groups is 1. The second-order valence-electron chi connectivity index (χ2n) is 3.19. The largest absolute Gasteiger partial charge is 0.388 e. The lowest BCUT2D eigenvalue weighted by atomic mass is 10.1. The van der Waals surface area contributed by atoms with Crippen molar-refractivity contribution in [1.82, 2.24) is 4.57 Å². The molecular weight excluding hydrogens is 260 g/mol. The minimum Gasteiger partial charge on any atom is -0.388 e. The van der Waals surface area contributed by atoms with E-state index in [0.29, 0.717) is 5.69 Å². The van der Waals surface area contributed by atoms with E-state index in [1.807, 2.05) is 0 Å². The van der Waals surface area contributed by atoms with Gasteiger partial charge in [0.25, 0.3) is 0 Å². The summed E-state index contributed by atoms with van der Waals surface area (Å²) in [5.74, 6) is -0.263. The van der Waals surface area contributed by atoms with Gasteiger partial charge < -0.3 is 9.67 Å². The van der Waals surface area contributed by atoms with Gasteiger partial charge >= 0.3 is 0 Å². The van der Waals surface area contributed by atoms with E-state index < -0.39 is 9.90 Å². The van der Waals surface area contributed by atoms with Crippen molar-refractivity contribution in [3.8, 4) is 0 Å². The molecule has 15 heavy (non-hydrogen) atoms. The first-order chi connectivity index (χ1) is 6.82. The smallest absolute Gasteiger partial charge is 0.216 e. The molecule has 0 aliphatic heterocycles. The number of carbonyl (C=O) groups excluding carboxylic acids is 1. The maximum Gasteiger partial charge on any atom is 0.216 e. The van der Waals surface area contributed by atoms with Crippen molar-refractivity contribution in [3.63, 3.8) is 0 Å². The number of nitrogens with zero attached hydrogens (tertiary/aromatic N) is 1. The van der Waals surface area contributed by atoms with E-state index in [4.69, 9.17) is 34.8 Å². The molecule has 3 nitrogen and oxygen atoms in total. The second kappa shape index (κ2) is 4.74. The molecule has 0 saturated carbocycles. The Kier molecular flexibility index (Phi) is 4.06. The van der Waals surface area contributed by atoms with Gasteiger partial charge in [-0.2, -0.15) is 0 Å². The van der Waals surface area contributed by atoms with Gasteiger partial charge in [-0.25, -0.2) is 0 Å². The van der Waals surface area contributed by atoms with Crippen LogP contribution in [0.1, 0.15) is 16.9 Å². The van der Waals surface area contributed by atoms with Gasteiger partial charge in [0.2, 0.25) is 3.79 Å². The van der Waals surface area contributed by atoms with Crippen molar-refractivity contribution in [1.29, 1.82) is 0 Å². The Labute approximate surface area is 103 Å². The SMILES string of the molecule is Cn1cccc1C(=O)C[C@@H](O)C(Cl)(Cl)Cl. The number of aromatic nitrogens is 1. The maximum absolute atomic E-state index is 11.6. The molecule has 1 heterocycles. The van der Waals surface area contributed by atoms with Gasteiger partial charge in [-0.15, -0.1) is 0 Å². The molecule has 1 rings (SSSR count). The Morgan fingerprint density at radius 2 is 2.20 bits per heavy atom. The van der Waals surface area contributed by atoms with E-state index in [2.05, 4.69) is 0 Å². The third kappa shape index (κ3) is 3.38. The Bertz CT molecular complexity index is 356. The van der Waals surface area contributed by atoms with E-state index in [1.165, 1.54) is 0 Å². The molecular formula is C9H10Cl3NO2. The third-order valence-electron chi connectivity index (χ3n) is 1.99. The lowest BCUT2D eigenvalue weighted by Gasteiger charge is -2.17. The highest BCUT2D eigenvalue weighted by Gasteiger charge is 2.32. The molecule has 1 N–H and O–H groups in total. The summed E-state index contributed by atoms with van der Waals surface area (Å²) < 4.78 is -0.186. The van der Waals surface area contributed by atoms with Crippen LogP contribution in [0.5, 0.6) is 0 Å². The molecule has 0 aliphatic rings. The number of alkyl halides is 3. The molecule has 0 aromatic carbocycles. The van der Waals surface area contributed by atoms with Crippen LogP contribution in [0.2, 0.25) is 0 Å². The average molecular weight is 271 g/mol. The van der Waals surface area contributed by atoms with Gasteiger partial charge in [0.15, 0.2) is 5.78 Å².